The van der Waals surface area contributed by atoms with Gasteiger partial charge < -0.3 is 0 Å². The van der Waals surface area contributed by atoms with Crippen LogP contribution in [-0.4, -0.2) is 68.9 Å². The van der Waals surface area contributed by atoms with Crippen molar-refractivity contribution in [3.05, 3.63) is 70.8 Å². The molecule has 0 radical (unpaired) electrons. The Bertz CT molecular complexity index is 1060. The predicted molar refractivity (Wildman–Crippen MR) is 165 cm³/mol. The van der Waals surface area contributed by atoms with E-state index in [1.54, 1.807) is 22.3 Å². The molecular formula is C36H52N4. The minimum atomic E-state index is 0.597. The van der Waals surface area contributed by atoms with Gasteiger partial charge in [0.2, 0.25) is 0 Å². The van der Waals surface area contributed by atoms with Gasteiger partial charge in [0, 0.05) is 75.5 Å². The van der Waals surface area contributed by atoms with Crippen LogP contribution in [0.1, 0.15) is 100 Å². The maximum absolute atomic E-state index is 2.98. The molecule has 3 fully saturated rings. The van der Waals surface area contributed by atoms with Gasteiger partial charge in [-0.1, -0.05) is 74.2 Å². The summed E-state index contributed by atoms with van der Waals surface area (Å²) in [5.41, 5.74) is 6.29. The van der Waals surface area contributed by atoms with Crippen LogP contribution >= 0.6 is 0 Å². The third kappa shape index (κ3) is 5.30. The summed E-state index contributed by atoms with van der Waals surface area (Å²) >= 11 is 0. The van der Waals surface area contributed by atoms with Crippen molar-refractivity contribution in [1.29, 1.82) is 0 Å². The normalized spacial score (nSPS) is 40.1. The Morgan fingerprint density at radius 1 is 0.450 bits per heavy atom. The summed E-state index contributed by atoms with van der Waals surface area (Å²) in [5, 5.41) is 0. The monoisotopic (exact) mass is 540 g/mol. The molecule has 4 heteroatoms. The maximum Gasteiger partial charge on any atom is 0.0258 e. The van der Waals surface area contributed by atoms with Crippen LogP contribution in [0.15, 0.2) is 48.5 Å². The fraction of sp³-hybridized carbons (Fsp3) is 0.667. The van der Waals surface area contributed by atoms with Crippen molar-refractivity contribution in [2.24, 2.45) is 0 Å². The number of fused-ring (bicyclic) bond motifs is 2. The van der Waals surface area contributed by atoms with E-state index in [-0.39, 0.29) is 0 Å². The Kier molecular flexibility index (Phi) is 8.06. The summed E-state index contributed by atoms with van der Waals surface area (Å²) in [6.07, 6.45) is 13.6. The zero-order chi connectivity index (χ0) is 27.1. The summed E-state index contributed by atoms with van der Waals surface area (Å²) < 4.78 is 0. The molecule has 40 heavy (non-hydrogen) atoms. The topological polar surface area (TPSA) is 13.0 Å². The lowest BCUT2D eigenvalue weighted by Gasteiger charge is -2.52. The van der Waals surface area contributed by atoms with Gasteiger partial charge in [-0.05, 0) is 74.6 Å². The second-order valence-corrected chi connectivity index (χ2v) is 13.9. The third-order valence-electron chi connectivity index (χ3n) is 11.7. The molecule has 0 amide bonds. The molecule has 2 aromatic rings. The second-order valence-electron chi connectivity index (χ2n) is 13.9. The summed E-state index contributed by atoms with van der Waals surface area (Å²) in [4.78, 5) is 11.9. The van der Waals surface area contributed by atoms with E-state index in [2.05, 4.69) is 82.0 Å². The molecular weight excluding hydrogens is 488 g/mol. The second kappa shape index (κ2) is 11.9. The lowest BCUT2D eigenvalue weighted by atomic mass is 9.83. The van der Waals surface area contributed by atoms with Crippen LogP contribution in [0.3, 0.4) is 0 Å². The van der Waals surface area contributed by atoms with Crippen molar-refractivity contribution >= 4 is 0 Å². The van der Waals surface area contributed by atoms with Crippen LogP contribution in [0, 0.1) is 0 Å². The number of rotatable bonds is 0. The van der Waals surface area contributed by atoms with E-state index in [0.29, 0.717) is 36.3 Å². The van der Waals surface area contributed by atoms with Gasteiger partial charge in [-0.15, -0.1) is 0 Å². The largest absolute Gasteiger partial charge is 0.295 e. The van der Waals surface area contributed by atoms with E-state index < -0.39 is 0 Å². The molecule has 0 aromatic heterocycles. The van der Waals surface area contributed by atoms with Gasteiger partial charge in [-0.25, -0.2) is 0 Å². The Balaban J connectivity index is 1.30. The highest BCUT2D eigenvalue weighted by Gasteiger charge is 2.41. The molecule has 2 aromatic carbocycles. The van der Waals surface area contributed by atoms with E-state index in [9.17, 15) is 0 Å². The first-order valence-corrected chi connectivity index (χ1v) is 16.8. The van der Waals surface area contributed by atoms with Gasteiger partial charge in [-0.3, -0.25) is 19.6 Å². The molecule has 0 N–H and O–H groups in total. The van der Waals surface area contributed by atoms with Crippen LogP contribution < -0.4 is 0 Å². The van der Waals surface area contributed by atoms with Crippen LogP contribution in [0.4, 0.5) is 0 Å². The lowest BCUT2D eigenvalue weighted by Crippen LogP contribution is -2.60. The van der Waals surface area contributed by atoms with Gasteiger partial charge in [0.15, 0.2) is 0 Å². The van der Waals surface area contributed by atoms with Gasteiger partial charge in [-0.2, -0.15) is 0 Å². The predicted octanol–water partition coefficient (Wildman–Crippen LogP) is 6.82. The molecule has 3 aliphatic heterocycles. The maximum atomic E-state index is 2.98. The minimum Gasteiger partial charge on any atom is -0.295 e. The average Bonchev–Trinajstić information content (AvgIpc) is 2.97. The molecule has 0 spiro atoms. The van der Waals surface area contributed by atoms with E-state index in [1.165, 1.54) is 77.3 Å². The first-order valence-electron chi connectivity index (χ1n) is 16.8. The van der Waals surface area contributed by atoms with Crippen LogP contribution in [-0.2, 0) is 26.2 Å². The van der Waals surface area contributed by atoms with Crippen molar-refractivity contribution < 1.29 is 0 Å². The molecule has 216 valence electrons. The smallest absolute Gasteiger partial charge is 0.0258 e. The SMILES string of the molecule is C[C@@H]1CCN2Cc3ccccc3CN([C@@H](C)CCN3Cc4ccccc4CN1[C@@H]1CCCC[C@H]13)[C@H]1CCCC[C@@H]12. The van der Waals surface area contributed by atoms with Crippen molar-refractivity contribution in [3.8, 4) is 0 Å². The summed E-state index contributed by atoms with van der Waals surface area (Å²) in [5.74, 6) is 0. The van der Waals surface area contributed by atoms with Crippen molar-refractivity contribution in [2.75, 3.05) is 13.1 Å². The zero-order valence-corrected chi connectivity index (χ0v) is 25.2. The van der Waals surface area contributed by atoms with E-state index in [0.717, 1.165) is 26.2 Å². The highest BCUT2D eigenvalue weighted by Crippen LogP contribution is 2.38. The number of hydrogen-bond acceptors (Lipinski definition) is 4. The van der Waals surface area contributed by atoms with Crippen molar-refractivity contribution in [1.82, 2.24) is 19.6 Å². The summed E-state index contributed by atoms with van der Waals surface area (Å²) in [6.45, 7) is 12.1. The molecule has 10 atom stereocenters. The van der Waals surface area contributed by atoms with Gasteiger partial charge in [0.1, 0.15) is 0 Å². The number of hydrogen-bond donors (Lipinski definition) is 0. The molecule has 7 rings (SSSR count). The lowest BCUT2D eigenvalue weighted by molar-refractivity contribution is -0.0229. The molecule has 2 saturated carbocycles. The molecule has 5 aliphatic rings. The Morgan fingerprint density at radius 3 is 1.20 bits per heavy atom. The Hall–Kier alpha value is -1.72. The molecule has 2 aliphatic carbocycles. The molecule has 4 bridgehead atoms. The van der Waals surface area contributed by atoms with Gasteiger partial charge in [0.25, 0.3) is 0 Å². The number of benzene rings is 2. The first-order chi connectivity index (χ1) is 19.7. The standard InChI is InChI=1S/C36H52N4/c1-27-19-21-37-23-30-12-4-6-14-32(30)26-40(36-18-10-8-16-34(36)37)28(2)20-22-38-24-29-11-3-5-13-31(29)25-39(27)35-17-9-7-15-33(35)38/h3-6,11-14,27-28,33-36H,7-10,15-26H2,1-2H3/t27-,28+,33-,34+,35-,36+. The van der Waals surface area contributed by atoms with Gasteiger partial charge in [0.05, 0.1) is 0 Å². The van der Waals surface area contributed by atoms with E-state index in [4.69, 9.17) is 0 Å². The molecule has 1 saturated heterocycles. The Morgan fingerprint density at radius 2 is 0.800 bits per heavy atom. The summed E-state index contributed by atoms with van der Waals surface area (Å²) in [7, 11) is 0. The van der Waals surface area contributed by atoms with Gasteiger partial charge >= 0.3 is 0 Å². The van der Waals surface area contributed by atoms with Crippen molar-refractivity contribution in [2.45, 2.75) is 140 Å². The highest BCUT2D eigenvalue weighted by atomic mass is 15.3. The summed E-state index contributed by atoms with van der Waals surface area (Å²) in [6, 6.07) is 22.8. The molecule has 4 unspecified atom stereocenters. The minimum absolute atomic E-state index is 0.597. The Labute approximate surface area is 243 Å². The van der Waals surface area contributed by atoms with Crippen LogP contribution in [0.25, 0.3) is 0 Å². The number of nitrogens with zero attached hydrogens (tertiary/aromatic N) is 4. The molecule has 3 heterocycles. The average molecular weight is 541 g/mol. The fourth-order valence-electron chi connectivity index (χ4n) is 9.33. The van der Waals surface area contributed by atoms with Crippen LogP contribution in [0.2, 0.25) is 0 Å². The highest BCUT2D eigenvalue weighted by molar-refractivity contribution is 5.29. The van der Waals surface area contributed by atoms with E-state index >= 15 is 0 Å². The fourth-order valence-corrected chi connectivity index (χ4v) is 9.33. The van der Waals surface area contributed by atoms with Crippen LogP contribution in [0.5, 0.6) is 0 Å². The molecule has 4 nitrogen and oxygen atoms in total. The van der Waals surface area contributed by atoms with E-state index in [1.807, 2.05) is 0 Å². The first kappa shape index (κ1) is 27.1. The zero-order valence-electron chi connectivity index (χ0n) is 25.2. The van der Waals surface area contributed by atoms with Crippen molar-refractivity contribution in [3.63, 3.8) is 0 Å². The third-order valence-corrected chi connectivity index (χ3v) is 11.7. The quantitative estimate of drug-likeness (QED) is 0.364.